The van der Waals surface area contributed by atoms with Crippen LogP contribution in [0.25, 0.3) is 0 Å². The van der Waals surface area contributed by atoms with E-state index in [0.29, 0.717) is 34.8 Å². The number of aryl methyl sites for hydroxylation is 1. The van der Waals surface area contributed by atoms with Crippen LogP contribution in [0, 0.1) is 6.92 Å². The minimum absolute atomic E-state index is 0.356. The number of nitrogens with zero attached hydrogens (tertiary/aromatic N) is 3. The Kier molecular flexibility index (Phi) is 5.30. The average molecular weight is 356 g/mol. The number of aromatic nitrogens is 3. The number of benzene rings is 2. The van der Waals surface area contributed by atoms with Crippen molar-refractivity contribution < 1.29 is 4.74 Å². The van der Waals surface area contributed by atoms with Crippen LogP contribution >= 0.6 is 11.6 Å². The predicted molar refractivity (Wildman–Crippen MR) is 99.6 cm³/mol. The highest BCUT2D eigenvalue weighted by molar-refractivity contribution is 6.30. The van der Waals surface area contributed by atoms with Crippen molar-refractivity contribution in [1.29, 1.82) is 0 Å². The zero-order chi connectivity index (χ0) is 17.6. The molecule has 0 unspecified atom stereocenters. The van der Waals surface area contributed by atoms with Crippen molar-refractivity contribution in [2.45, 2.75) is 13.5 Å². The molecule has 0 atom stereocenters. The Balaban J connectivity index is 1.72. The molecule has 0 aliphatic rings. The highest BCUT2D eigenvalue weighted by Crippen LogP contribution is 2.29. The number of anilines is 3. The molecule has 7 heteroatoms. The van der Waals surface area contributed by atoms with Crippen LogP contribution in [0.3, 0.4) is 0 Å². The van der Waals surface area contributed by atoms with Crippen LogP contribution in [-0.4, -0.2) is 22.3 Å². The van der Waals surface area contributed by atoms with E-state index in [0.717, 1.165) is 0 Å². The molecule has 0 saturated carbocycles. The first-order valence-corrected chi connectivity index (χ1v) is 8.11. The second kappa shape index (κ2) is 7.81. The Morgan fingerprint density at radius 3 is 2.84 bits per heavy atom. The Hall–Kier alpha value is -2.86. The smallest absolute Gasteiger partial charge is 0.249 e. The largest absolute Gasteiger partial charge is 0.495 e. The van der Waals surface area contributed by atoms with Crippen molar-refractivity contribution >= 4 is 29.1 Å². The number of hydrogen-bond acceptors (Lipinski definition) is 6. The molecule has 2 N–H and O–H groups in total. The van der Waals surface area contributed by atoms with Gasteiger partial charge in [-0.2, -0.15) is 10.1 Å². The predicted octanol–water partition coefficient (Wildman–Crippen LogP) is 4.20. The van der Waals surface area contributed by atoms with Gasteiger partial charge in [-0.3, -0.25) is 0 Å². The van der Waals surface area contributed by atoms with Gasteiger partial charge in [-0.05, 0) is 30.7 Å². The Labute approximate surface area is 151 Å². The maximum atomic E-state index is 6.04. The first-order chi connectivity index (χ1) is 12.1. The lowest BCUT2D eigenvalue weighted by molar-refractivity contribution is 0.417. The summed E-state index contributed by atoms with van der Waals surface area (Å²) in [6.45, 7) is 2.72. The maximum absolute atomic E-state index is 6.04. The normalized spacial score (nSPS) is 10.4. The van der Waals surface area contributed by atoms with E-state index in [9.17, 15) is 0 Å². The van der Waals surface area contributed by atoms with Crippen molar-refractivity contribution in [1.82, 2.24) is 15.2 Å². The number of halogens is 1. The van der Waals surface area contributed by atoms with E-state index in [2.05, 4.69) is 50.9 Å². The summed E-state index contributed by atoms with van der Waals surface area (Å²) in [6, 6.07) is 13.6. The van der Waals surface area contributed by atoms with Crippen LogP contribution in [-0.2, 0) is 6.54 Å². The third-order valence-corrected chi connectivity index (χ3v) is 3.76. The molecule has 0 fully saturated rings. The molecule has 1 heterocycles. The van der Waals surface area contributed by atoms with Gasteiger partial charge in [0.05, 0.1) is 19.0 Å². The monoisotopic (exact) mass is 355 g/mol. The van der Waals surface area contributed by atoms with Crippen LogP contribution in [0.5, 0.6) is 5.75 Å². The van der Waals surface area contributed by atoms with Gasteiger partial charge in [-0.25, -0.2) is 0 Å². The van der Waals surface area contributed by atoms with Gasteiger partial charge in [0, 0.05) is 11.6 Å². The van der Waals surface area contributed by atoms with Crippen LogP contribution < -0.4 is 15.4 Å². The van der Waals surface area contributed by atoms with E-state index in [1.807, 2.05) is 6.07 Å². The molecule has 128 valence electrons. The second-order valence-corrected chi connectivity index (χ2v) is 5.91. The topological polar surface area (TPSA) is 72.0 Å². The molecule has 0 spiro atoms. The van der Waals surface area contributed by atoms with Gasteiger partial charge < -0.3 is 15.4 Å². The van der Waals surface area contributed by atoms with E-state index >= 15 is 0 Å². The van der Waals surface area contributed by atoms with Crippen LogP contribution in [0.15, 0.2) is 48.7 Å². The van der Waals surface area contributed by atoms with E-state index in [4.69, 9.17) is 16.3 Å². The number of ether oxygens (including phenoxy) is 1. The summed E-state index contributed by atoms with van der Waals surface area (Å²) >= 11 is 6.04. The highest BCUT2D eigenvalue weighted by atomic mass is 35.5. The maximum Gasteiger partial charge on any atom is 0.249 e. The summed E-state index contributed by atoms with van der Waals surface area (Å²) in [7, 11) is 1.59. The standard InChI is InChI=1S/C18H18ClN5O/c1-12-4-3-5-13(8-12)10-20-17-11-21-24-18(23-17)22-15-9-14(19)6-7-16(15)25-2/h3-9,11H,10H2,1-2H3,(H2,20,22,23,24). The number of nitrogens with one attached hydrogen (secondary N) is 2. The summed E-state index contributed by atoms with van der Waals surface area (Å²) in [5.41, 5.74) is 3.06. The van der Waals surface area contributed by atoms with Crippen molar-refractivity contribution in [3.05, 3.63) is 64.8 Å². The molecule has 0 aliphatic carbocycles. The molecule has 0 saturated heterocycles. The molecule has 2 aromatic carbocycles. The number of hydrogen-bond donors (Lipinski definition) is 2. The summed E-state index contributed by atoms with van der Waals surface area (Å²) < 4.78 is 5.31. The molecule has 1 aromatic heterocycles. The second-order valence-electron chi connectivity index (χ2n) is 5.48. The minimum atomic E-state index is 0.356. The van der Waals surface area contributed by atoms with Gasteiger partial charge in [-0.15, -0.1) is 5.10 Å². The Morgan fingerprint density at radius 1 is 1.16 bits per heavy atom. The minimum Gasteiger partial charge on any atom is -0.495 e. The van der Waals surface area contributed by atoms with Gasteiger partial charge >= 0.3 is 0 Å². The molecule has 6 nitrogen and oxygen atoms in total. The molecule has 0 bridgehead atoms. The van der Waals surface area contributed by atoms with Crippen LogP contribution in [0.1, 0.15) is 11.1 Å². The lowest BCUT2D eigenvalue weighted by Gasteiger charge is -2.11. The van der Waals surface area contributed by atoms with Crippen molar-refractivity contribution in [3.8, 4) is 5.75 Å². The van der Waals surface area contributed by atoms with Crippen molar-refractivity contribution in [3.63, 3.8) is 0 Å². The number of rotatable bonds is 6. The lowest BCUT2D eigenvalue weighted by atomic mass is 10.1. The third kappa shape index (κ3) is 4.58. The molecule has 3 rings (SSSR count). The number of methoxy groups -OCH3 is 1. The SMILES string of the molecule is COc1ccc(Cl)cc1Nc1nncc(NCc2cccc(C)c2)n1. The average Bonchev–Trinajstić information content (AvgIpc) is 2.61. The zero-order valence-electron chi connectivity index (χ0n) is 14.0. The summed E-state index contributed by atoms with van der Waals surface area (Å²) in [5, 5.41) is 14.9. The van der Waals surface area contributed by atoms with Crippen molar-refractivity contribution in [2.75, 3.05) is 17.7 Å². The first-order valence-electron chi connectivity index (χ1n) is 7.74. The van der Waals surface area contributed by atoms with E-state index in [1.54, 1.807) is 31.5 Å². The van der Waals surface area contributed by atoms with Gasteiger partial charge in [0.25, 0.3) is 0 Å². The lowest BCUT2D eigenvalue weighted by Crippen LogP contribution is -2.06. The van der Waals surface area contributed by atoms with E-state index < -0.39 is 0 Å². The van der Waals surface area contributed by atoms with Crippen LogP contribution in [0.2, 0.25) is 5.02 Å². The van der Waals surface area contributed by atoms with Gasteiger partial charge in [0.1, 0.15) is 5.75 Å². The molecular weight excluding hydrogens is 338 g/mol. The molecule has 0 radical (unpaired) electrons. The van der Waals surface area contributed by atoms with Gasteiger partial charge in [0.15, 0.2) is 5.82 Å². The third-order valence-electron chi connectivity index (χ3n) is 3.52. The highest BCUT2D eigenvalue weighted by Gasteiger charge is 2.07. The van der Waals surface area contributed by atoms with Crippen molar-refractivity contribution in [2.24, 2.45) is 0 Å². The fraction of sp³-hybridized carbons (Fsp3) is 0.167. The molecule has 0 amide bonds. The summed E-state index contributed by atoms with van der Waals surface area (Å²) in [4.78, 5) is 4.42. The molecule has 3 aromatic rings. The Morgan fingerprint density at radius 2 is 2.04 bits per heavy atom. The fourth-order valence-electron chi connectivity index (χ4n) is 2.35. The van der Waals surface area contributed by atoms with Gasteiger partial charge in [-0.1, -0.05) is 41.4 Å². The van der Waals surface area contributed by atoms with Crippen LogP contribution in [0.4, 0.5) is 17.5 Å². The Bertz CT molecular complexity index is 872. The fourth-order valence-corrected chi connectivity index (χ4v) is 2.53. The molecule has 25 heavy (non-hydrogen) atoms. The van der Waals surface area contributed by atoms with E-state index in [1.165, 1.54) is 11.1 Å². The quantitative estimate of drug-likeness (QED) is 0.690. The summed E-state index contributed by atoms with van der Waals surface area (Å²) in [6.07, 6.45) is 1.58. The van der Waals surface area contributed by atoms with Gasteiger partial charge in [0.2, 0.25) is 5.95 Å². The molecular formula is C18H18ClN5O. The van der Waals surface area contributed by atoms with E-state index in [-0.39, 0.29) is 0 Å². The summed E-state index contributed by atoms with van der Waals surface area (Å²) in [5.74, 6) is 1.63. The molecule has 0 aliphatic heterocycles. The first kappa shape index (κ1) is 17.0. The zero-order valence-corrected chi connectivity index (χ0v) is 14.7.